The zero-order valence-electron chi connectivity index (χ0n) is 2.07. The normalized spacial score (nSPS) is 39.8. The number of rotatable bonds is 0. The van der Waals surface area contributed by atoms with Gasteiger partial charge in [-0.2, -0.15) is 0 Å². The summed E-state index contributed by atoms with van der Waals surface area (Å²) in [6.07, 6.45) is 0. The fraction of sp³-hybridized carbons (Fsp3) is 1.00. The molecule has 0 nitrogen and oxygen atoms in total. The number of hydrogen-bond donors (Lipinski definition) is 0. The first kappa shape index (κ1) is 2.51. The van der Waals surface area contributed by atoms with Crippen LogP contribution in [0.2, 0.25) is 0 Å². The fourth-order valence-electron chi connectivity index (χ4n) is 0.0364. The highest BCUT2D eigenvalue weighted by Crippen LogP contribution is 2.30. The van der Waals surface area contributed by atoms with Gasteiger partial charge in [-0.1, -0.05) is 0 Å². The van der Waals surface area contributed by atoms with E-state index in [2.05, 4.69) is 0 Å². The fourth-order valence-corrected chi connectivity index (χ4v) is 0.109. The molecule has 0 aromatic rings. The summed E-state index contributed by atoms with van der Waals surface area (Å²) in [5.41, 5.74) is -0.500. The van der Waals surface area contributed by atoms with Gasteiger partial charge in [0, 0.05) is 5.75 Å². The van der Waals surface area contributed by atoms with E-state index in [0.717, 1.165) is 5.75 Å². The van der Waals surface area contributed by atoms with Gasteiger partial charge in [0.15, 0.2) is 5.50 Å². The summed E-state index contributed by atoms with van der Waals surface area (Å²) in [5, 5.41) is 0. The Kier molecular flexibility index (Phi) is 0.384. The molecule has 0 aromatic heterocycles. The molecule has 0 amide bonds. The van der Waals surface area contributed by atoms with Gasteiger partial charge in [0.1, 0.15) is 0 Å². The van der Waals surface area contributed by atoms with Crippen molar-refractivity contribution < 1.29 is 4.39 Å². The van der Waals surface area contributed by atoms with Crippen molar-refractivity contribution >= 4 is 11.8 Å². The topological polar surface area (TPSA) is 0 Å². The number of halogens is 1. The van der Waals surface area contributed by atoms with Crippen LogP contribution in [0.3, 0.4) is 0 Å². The third kappa shape index (κ3) is 0.347. The molecule has 0 saturated carbocycles. The summed E-state index contributed by atoms with van der Waals surface area (Å²) in [6, 6.07) is 0. The molecule has 1 saturated heterocycles. The monoisotopic (exact) mass is 78.0 g/mol. The van der Waals surface area contributed by atoms with Crippen molar-refractivity contribution in [1.29, 1.82) is 0 Å². The van der Waals surface area contributed by atoms with Gasteiger partial charge in [0.2, 0.25) is 0 Å². The molecule has 1 atom stereocenters. The van der Waals surface area contributed by atoms with Gasteiger partial charge >= 0.3 is 0 Å². The Hall–Kier alpha value is 0.280. The van der Waals surface area contributed by atoms with E-state index in [9.17, 15) is 4.39 Å². The van der Waals surface area contributed by atoms with Crippen LogP contribution < -0.4 is 0 Å². The van der Waals surface area contributed by atoms with E-state index in [1.165, 1.54) is 11.8 Å². The molecular weight excluding hydrogens is 75.1 g/mol. The van der Waals surface area contributed by atoms with Crippen molar-refractivity contribution in [3.05, 3.63) is 0 Å². The minimum Gasteiger partial charge on any atom is -0.235 e. The minimum absolute atomic E-state index is 0.500. The van der Waals surface area contributed by atoms with Crippen LogP contribution in [0.4, 0.5) is 4.39 Å². The SMILES string of the molecule is FC1CS1. The zero-order valence-corrected chi connectivity index (χ0v) is 2.89. The van der Waals surface area contributed by atoms with E-state index in [1.54, 1.807) is 0 Å². The Balaban J connectivity index is 2.17. The second kappa shape index (κ2) is 0.612. The van der Waals surface area contributed by atoms with Crippen molar-refractivity contribution in [1.82, 2.24) is 0 Å². The molecule has 0 aromatic carbocycles. The molecule has 1 aliphatic rings. The van der Waals surface area contributed by atoms with Crippen LogP contribution in [-0.2, 0) is 0 Å². The molecule has 0 spiro atoms. The van der Waals surface area contributed by atoms with Crippen molar-refractivity contribution in [2.24, 2.45) is 0 Å². The molecule has 0 bridgehead atoms. The van der Waals surface area contributed by atoms with Crippen LogP contribution >= 0.6 is 11.8 Å². The number of hydrogen-bond acceptors (Lipinski definition) is 1. The lowest BCUT2D eigenvalue weighted by atomic mass is 10.9. The Morgan fingerprint density at radius 2 is 2.25 bits per heavy atom. The smallest absolute Gasteiger partial charge is 0.155 e. The summed E-state index contributed by atoms with van der Waals surface area (Å²) in [5.74, 6) is 0.736. The number of thioether (sulfide) groups is 1. The molecule has 4 heavy (non-hydrogen) atoms. The molecule has 1 heterocycles. The lowest BCUT2D eigenvalue weighted by Crippen LogP contribution is -1.52. The molecule has 0 radical (unpaired) electrons. The molecule has 1 aliphatic heterocycles. The van der Waals surface area contributed by atoms with Gasteiger partial charge in [0.25, 0.3) is 0 Å². The highest BCUT2D eigenvalue weighted by Gasteiger charge is 2.19. The maximum Gasteiger partial charge on any atom is 0.155 e. The minimum atomic E-state index is -0.500. The maximum absolute atomic E-state index is 11.1. The molecule has 0 N–H and O–H groups in total. The molecule has 2 heteroatoms. The van der Waals surface area contributed by atoms with Crippen LogP contribution in [0.1, 0.15) is 0 Å². The van der Waals surface area contributed by atoms with Gasteiger partial charge in [-0.15, -0.1) is 11.8 Å². The first-order valence-electron chi connectivity index (χ1n) is 1.15. The first-order chi connectivity index (χ1) is 1.89. The summed E-state index contributed by atoms with van der Waals surface area (Å²) in [6.45, 7) is 0. The standard InChI is InChI=1S/C2H3FS/c3-2-1-4-2/h2H,1H2. The Morgan fingerprint density at radius 1 is 2.00 bits per heavy atom. The summed E-state index contributed by atoms with van der Waals surface area (Å²) in [7, 11) is 0. The van der Waals surface area contributed by atoms with Crippen LogP contribution in [0.15, 0.2) is 0 Å². The van der Waals surface area contributed by atoms with Gasteiger partial charge < -0.3 is 0 Å². The predicted octanol–water partition coefficient (Wildman–Crippen LogP) is 1.03. The third-order valence-electron chi connectivity index (χ3n) is 0.293. The van der Waals surface area contributed by atoms with Crippen molar-refractivity contribution in [3.63, 3.8) is 0 Å². The average molecular weight is 78.1 g/mol. The predicted molar refractivity (Wildman–Crippen MR) is 17.4 cm³/mol. The molecular formula is C2H3FS. The van der Waals surface area contributed by atoms with Gasteiger partial charge in [-0.25, -0.2) is 4.39 Å². The summed E-state index contributed by atoms with van der Waals surface area (Å²) in [4.78, 5) is 0. The van der Waals surface area contributed by atoms with Gasteiger partial charge in [-0.3, -0.25) is 0 Å². The largest absolute Gasteiger partial charge is 0.235 e. The average Bonchev–Trinajstić information content (AvgIpc) is 1.75. The van der Waals surface area contributed by atoms with Crippen LogP contribution in [0.25, 0.3) is 0 Å². The van der Waals surface area contributed by atoms with Crippen molar-refractivity contribution in [2.45, 2.75) is 5.50 Å². The molecule has 1 unspecified atom stereocenters. The van der Waals surface area contributed by atoms with E-state index >= 15 is 0 Å². The molecule has 0 aliphatic carbocycles. The van der Waals surface area contributed by atoms with Gasteiger partial charge in [0.05, 0.1) is 0 Å². The van der Waals surface area contributed by atoms with Crippen molar-refractivity contribution in [2.75, 3.05) is 5.75 Å². The Labute approximate surface area is 28.4 Å². The highest BCUT2D eigenvalue weighted by atomic mass is 32.2. The second-order valence-corrected chi connectivity index (χ2v) is 1.92. The first-order valence-corrected chi connectivity index (χ1v) is 2.20. The van der Waals surface area contributed by atoms with E-state index in [1.807, 2.05) is 0 Å². The lowest BCUT2D eigenvalue weighted by Gasteiger charge is -1.48. The van der Waals surface area contributed by atoms with Gasteiger partial charge in [-0.05, 0) is 0 Å². The van der Waals surface area contributed by atoms with E-state index in [-0.39, 0.29) is 0 Å². The second-order valence-electron chi connectivity index (χ2n) is 0.743. The number of alkyl halides is 1. The summed E-state index contributed by atoms with van der Waals surface area (Å²) < 4.78 is 11.1. The Bertz CT molecular complexity index is 25.2. The van der Waals surface area contributed by atoms with Crippen LogP contribution in [0, 0.1) is 0 Å². The van der Waals surface area contributed by atoms with E-state index < -0.39 is 5.50 Å². The quantitative estimate of drug-likeness (QED) is 0.390. The third-order valence-corrected chi connectivity index (χ3v) is 0.878. The van der Waals surface area contributed by atoms with E-state index in [4.69, 9.17) is 0 Å². The highest BCUT2D eigenvalue weighted by molar-refractivity contribution is 8.06. The molecule has 24 valence electrons. The van der Waals surface area contributed by atoms with Crippen LogP contribution in [0.5, 0.6) is 0 Å². The van der Waals surface area contributed by atoms with Crippen LogP contribution in [-0.4, -0.2) is 11.3 Å². The summed E-state index contributed by atoms with van der Waals surface area (Å²) >= 11 is 1.36. The Morgan fingerprint density at radius 3 is 2.25 bits per heavy atom. The maximum atomic E-state index is 11.1. The molecule has 1 fully saturated rings. The van der Waals surface area contributed by atoms with Crippen molar-refractivity contribution in [3.8, 4) is 0 Å². The lowest BCUT2D eigenvalue weighted by molar-refractivity contribution is 0.524. The van der Waals surface area contributed by atoms with E-state index in [0.29, 0.717) is 0 Å². The zero-order chi connectivity index (χ0) is 2.99. The molecule has 1 rings (SSSR count).